The molecule has 3 nitrogen and oxygen atoms in total. The van der Waals surface area contributed by atoms with Gasteiger partial charge < -0.3 is 5.32 Å². The second-order valence-corrected chi connectivity index (χ2v) is 5.37. The number of nitrogens with zero attached hydrogens (tertiary/aromatic N) is 2. The lowest BCUT2D eigenvalue weighted by molar-refractivity contribution is 0.874. The van der Waals surface area contributed by atoms with Gasteiger partial charge in [-0.3, -0.25) is 0 Å². The number of aromatic nitrogens is 2. The fourth-order valence-corrected chi connectivity index (χ4v) is 2.43. The van der Waals surface area contributed by atoms with E-state index in [4.69, 9.17) is 0 Å². The standard InChI is InChI=1S/C16H21N3/c1-10(2)19-16-17-8-14(9-18-16)15-12(4)6-11(3)7-13(15)5/h6-10H,1-5H3,(H,17,18,19). The highest BCUT2D eigenvalue weighted by Gasteiger charge is 2.08. The summed E-state index contributed by atoms with van der Waals surface area (Å²) in [7, 11) is 0. The molecule has 0 spiro atoms. The zero-order valence-corrected chi connectivity index (χ0v) is 12.3. The Morgan fingerprint density at radius 2 is 1.47 bits per heavy atom. The lowest BCUT2D eigenvalue weighted by Crippen LogP contribution is -2.12. The predicted octanol–water partition coefficient (Wildman–Crippen LogP) is 3.89. The number of anilines is 1. The minimum Gasteiger partial charge on any atom is -0.352 e. The summed E-state index contributed by atoms with van der Waals surface area (Å²) in [5.74, 6) is 0.682. The Balaban J connectivity index is 2.37. The van der Waals surface area contributed by atoms with Crippen molar-refractivity contribution < 1.29 is 0 Å². The normalized spacial score (nSPS) is 10.8. The Kier molecular flexibility index (Phi) is 3.84. The summed E-state index contributed by atoms with van der Waals surface area (Å²) in [6, 6.07) is 4.74. The van der Waals surface area contributed by atoms with Gasteiger partial charge in [0.1, 0.15) is 0 Å². The number of rotatable bonds is 3. The maximum absolute atomic E-state index is 4.38. The van der Waals surface area contributed by atoms with Crippen molar-refractivity contribution in [2.24, 2.45) is 0 Å². The van der Waals surface area contributed by atoms with Crippen molar-refractivity contribution in [3.63, 3.8) is 0 Å². The molecule has 2 rings (SSSR count). The molecule has 0 fully saturated rings. The summed E-state index contributed by atoms with van der Waals surface area (Å²) in [5.41, 5.74) is 6.14. The van der Waals surface area contributed by atoms with Crippen LogP contribution in [0.2, 0.25) is 0 Å². The summed E-state index contributed by atoms with van der Waals surface area (Å²) < 4.78 is 0. The number of benzene rings is 1. The second-order valence-electron chi connectivity index (χ2n) is 5.37. The minimum atomic E-state index is 0.341. The third kappa shape index (κ3) is 3.11. The molecule has 0 bridgehead atoms. The Morgan fingerprint density at radius 1 is 0.947 bits per heavy atom. The van der Waals surface area contributed by atoms with Gasteiger partial charge in [0, 0.05) is 24.0 Å². The van der Waals surface area contributed by atoms with E-state index >= 15 is 0 Å². The van der Waals surface area contributed by atoms with E-state index in [1.165, 1.54) is 22.3 Å². The number of hydrogen-bond donors (Lipinski definition) is 1. The van der Waals surface area contributed by atoms with Crippen LogP contribution in [0.15, 0.2) is 24.5 Å². The monoisotopic (exact) mass is 255 g/mol. The van der Waals surface area contributed by atoms with Crippen molar-refractivity contribution >= 4 is 5.95 Å². The topological polar surface area (TPSA) is 37.8 Å². The fraction of sp³-hybridized carbons (Fsp3) is 0.375. The molecule has 0 saturated heterocycles. The summed E-state index contributed by atoms with van der Waals surface area (Å²) >= 11 is 0. The highest BCUT2D eigenvalue weighted by Crippen LogP contribution is 2.27. The van der Waals surface area contributed by atoms with Crippen LogP contribution in [0.3, 0.4) is 0 Å². The molecule has 100 valence electrons. The van der Waals surface area contributed by atoms with Gasteiger partial charge >= 0.3 is 0 Å². The molecule has 0 saturated carbocycles. The van der Waals surface area contributed by atoms with Crippen molar-refractivity contribution in [1.82, 2.24) is 9.97 Å². The first kappa shape index (κ1) is 13.5. The summed E-state index contributed by atoms with van der Waals surface area (Å²) in [6.45, 7) is 10.5. The maximum Gasteiger partial charge on any atom is 0.222 e. The Bertz CT molecular complexity index is 548. The molecular weight excluding hydrogens is 234 g/mol. The second kappa shape index (κ2) is 5.39. The molecule has 19 heavy (non-hydrogen) atoms. The number of hydrogen-bond acceptors (Lipinski definition) is 3. The van der Waals surface area contributed by atoms with E-state index in [1.807, 2.05) is 12.4 Å². The Labute approximate surface area is 115 Å². The summed E-state index contributed by atoms with van der Waals surface area (Å²) in [5, 5.41) is 3.20. The fourth-order valence-electron chi connectivity index (χ4n) is 2.43. The molecule has 0 unspecified atom stereocenters. The Morgan fingerprint density at radius 3 is 1.95 bits per heavy atom. The van der Waals surface area contributed by atoms with Gasteiger partial charge in [-0.05, 0) is 51.3 Å². The summed E-state index contributed by atoms with van der Waals surface area (Å²) in [4.78, 5) is 8.76. The first-order valence-electron chi connectivity index (χ1n) is 6.64. The van der Waals surface area contributed by atoms with Gasteiger partial charge in [-0.15, -0.1) is 0 Å². The predicted molar refractivity (Wildman–Crippen MR) is 80.4 cm³/mol. The lowest BCUT2D eigenvalue weighted by Gasteiger charge is -2.12. The van der Waals surface area contributed by atoms with Crippen LogP contribution in [0.1, 0.15) is 30.5 Å². The molecule has 1 N–H and O–H groups in total. The smallest absolute Gasteiger partial charge is 0.222 e. The first-order valence-corrected chi connectivity index (χ1v) is 6.64. The Hall–Kier alpha value is -1.90. The first-order chi connectivity index (χ1) is 8.97. The average Bonchev–Trinajstić information content (AvgIpc) is 2.29. The molecule has 0 aliphatic carbocycles. The largest absolute Gasteiger partial charge is 0.352 e. The van der Waals surface area contributed by atoms with E-state index < -0.39 is 0 Å². The van der Waals surface area contributed by atoms with Gasteiger partial charge in [0.05, 0.1) is 0 Å². The van der Waals surface area contributed by atoms with E-state index in [1.54, 1.807) is 0 Å². The molecule has 0 aliphatic heterocycles. The average molecular weight is 255 g/mol. The molecule has 3 heteroatoms. The highest BCUT2D eigenvalue weighted by molar-refractivity contribution is 5.70. The molecule has 1 aromatic carbocycles. The molecule has 0 aliphatic rings. The molecule has 0 amide bonds. The molecule has 2 aromatic rings. The van der Waals surface area contributed by atoms with Crippen LogP contribution in [0.5, 0.6) is 0 Å². The minimum absolute atomic E-state index is 0.341. The van der Waals surface area contributed by atoms with Crippen molar-refractivity contribution in [1.29, 1.82) is 0 Å². The number of aryl methyl sites for hydroxylation is 3. The molecule has 0 atom stereocenters. The van der Waals surface area contributed by atoms with Crippen molar-refractivity contribution in [2.45, 2.75) is 40.7 Å². The van der Waals surface area contributed by atoms with Gasteiger partial charge in [0.15, 0.2) is 0 Å². The van der Waals surface area contributed by atoms with Gasteiger partial charge in [0.2, 0.25) is 5.95 Å². The zero-order valence-electron chi connectivity index (χ0n) is 12.3. The van der Waals surface area contributed by atoms with E-state index in [0.29, 0.717) is 12.0 Å². The van der Waals surface area contributed by atoms with Gasteiger partial charge in [-0.25, -0.2) is 9.97 Å². The van der Waals surface area contributed by atoms with E-state index in [0.717, 1.165) is 5.56 Å². The zero-order chi connectivity index (χ0) is 14.0. The van der Waals surface area contributed by atoms with E-state index in [9.17, 15) is 0 Å². The summed E-state index contributed by atoms with van der Waals surface area (Å²) in [6.07, 6.45) is 3.78. The number of nitrogens with one attached hydrogen (secondary N) is 1. The van der Waals surface area contributed by atoms with Gasteiger partial charge in [-0.1, -0.05) is 17.7 Å². The molecule has 1 aromatic heterocycles. The highest BCUT2D eigenvalue weighted by atomic mass is 15.1. The van der Waals surface area contributed by atoms with E-state index in [-0.39, 0.29) is 0 Å². The van der Waals surface area contributed by atoms with Crippen LogP contribution in [0.25, 0.3) is 11.1 Å². The van der Waals surface area contributed by atoms with Crippen LogP contribution in [0, 0.1) is 20.8 Å². The van der Waals surface area contributed by atoms with E-state index in [2.05, 4.69) is 62.0 Å². The lowest BCUT2D eigenvalue weighted by atomic mass is 9.96. The molecule has 1 heterocycles. The maximum atomic E-state index is 4.38. The third-order valence-corrected chi connectivity index (χ3v) is 3.04. The van der Waals surface area contributed by atoms with Gasteiger partial charge in [-0.2, -0.15) is 0 Å². The van der Waals surface area contributed by atoms with Crippen molar-refractivity contribution in [3.05, 3.63) is 41.2 Å². The molecule has 0 radical (unpaired) electrons. The van der Waals surface area contributed by atoms with Crippen molar-refractivity contribution in [3.8, 4) is 11.1 Å². The molecular formula is C16H21N3. The van der Waals surface area contributed by atoms with Crippen LogP contribution >= 0.6 is 0 Å². The quantitative estimate of drug-likeness (QED) is 0.904. The van der Waals surface area contributed by atoms with Gasteiger partial charge in [0.25, 0.3) is 0 Å². The van der Waals surface area contributed by atoms with Crippen molar-refractivity contribution in [2.75, 3.05) is 5.32 Å². The van der Waals surface area contributed by atoms with Crippen LogP contribution in [-0.2, 0) is 0 Å². The SMILES string of the molecule is Cc1cc(C)c(-c2cnc(NC(C)C)nc2)c(C)c1. The van der Waals surface area contributed by atoms with Crippen LogP contribution in [-0.4, -0.2) is 16.0 Å². The van der Waals surface area contributed by atoms with Crippen LogP contribution in [0.4, 0.5) is 5.95 Å². The van der Waals surface area contributed by atoms with Crippen LogP contribution < -0.4 is 5.32 Å². The third-order valence-electron chi connectivity index (χ3n) is 3.04.